The van der Waals surface area contributed by atoms with E-state index in [0.717, 1.165) is 42.6 Å². The van der Waals surface area contributed by atoms with Gasteiger partial charge in [0.2, 0.25) is 0 Å². The van der Waals surface area contributed by atoms with Crippen LogP contribution < -0.4 is 10.6 Å². The first kappa shape index (κ1) is 21.5. The van der Waals surface area contributed by atoms with Crippen molar-refractivity contribution in [2.75, 3.05) is 11.4 Å². The number of aryl methyl sites for hydroxylation is 2. The molecule has 0 spiro atoms. The minimum Gasteiger partial charge on any atom is -0.402 e. The number of aromatic nitrogens is 1. The van der Waals surface area contributed by atoms with Crippen LogP contribution in [0, 0.1) is 6.92 Å². The van der Waals surface area contributed by atoms with E-state index in [2.05, 4.69) is 87.4 Å². The average Bonchev–Trinajstić information content (AvgIpc) is 3.06. The van der Waals surface area contributed by atoms with Gasteiger partial charge >= 0.3 is 0 Å². The predicted octanol–water partition coefficient (Wildman–Crippen LogP) is 6.64. The van der Waals surface area contributed by atoms with Crippen molar-refractivity contribution < 1.29 is 0 Å². The summed E-state index contributed by atoms with van der Waals surface area (Å²) < 4.78 is 3.64. The van der Waals surface area contributed by atoms with Crippen LogP contribution in [-0.4, -0.2) is 11.1 Å². The zero-order chi connectivity index (χ0) is 22.0. The van der Waals surface area contributed by atoms with Crippen LogP contribution in [0.25, 0.3) is 10.9 Å². The molecule has 1 aliphatic heterocycles. The van der Waals surface area contributed by atoms with Crippen molar-refractivity contribution in [3.8, 4) is 0 Å². The van der Waals surface area contributed by atoms with Gasteiger partial charge in [-0.25, -0.2) is 0 Å². The van der Waals surface area contributed by atoms with Crippen LogP contribution in [0.2, 0.25) is 0 Å². The standard InChI is InChI=1S/C27H30BrN3/c1-4-21(7-6-20(3)29)13-16-31-26-12-5-19(2)17-24(26)25-18-30(15-14-27(25)31)23-10-8-22(28)9-11-23/h4-12,17H,1,13-16,18,29H2,2-3H3/b20-6-,21-7+. The van der Waals surface area contributed by atoms with Gasteiger partial charge in [-0.15, -0.1) is 0 Å². The van der Waals surface area contributed by atoms with E-state index in [4.69, 9.17) is 5.73 Å². The number of hydrogen-bond donors (Lipinski definition) is 1. The summed E-state index contributed by atoms with van der Waals surface area (Å²) in [4.78, 5) is 2.49. The molecular weight excluding hydrogens is 446 g/mol. The highest BCUT2D eigenvalue weighted by Gasteiger charge is 2.24. The number of nitrogens with two attached hydrogens (primary N) is 1. The van der Waals surface area contributed by atoms with Gasteiger partial charge < -0.3 is 15.2 Å². The normalized spacial score (nSPS) is 14.7. The summed E-state index contributed by atoms with van der Waals surface area (Å²) in [6.07, 6.45) is 7.97. The van der Waals surface area contributed by atoms with Crippen LogP contribution in [0.15, 0.2) is 83.0 Å². The molecule has 1 aliphatic rings. The van der Waals surface area contributed by atoms with Gasteiger partial charge in [0.1, 0.15) is 0 Å². The molecule has 0 fully saturated rings. The summed E-state index contributed by atoms with van der Waals surface area (Å²) in [5.41, 5.74) is 14.7. The van der Waals surface area contributed by atoms with Gasteiger partial charge in [-0.3, -0.25) is 0 Å². The second kappa shape index (κ2) is 9.19. The van der Waals surface area contributed by atoms with E-state index in [-0.39, 0.29) is 0 Å². The van der Waals surface area contributed by atoms with Crippen molar-refractivity contribution in [2.45, 2.75) is 39.8 Å². The molecule has 31 heavy (non-hydrogen) atoms. The topological polar surface area (TPSA) is 34.2 Å². The molecule has 1 aromatic heterocycles. The fraction of sp³-hybridized carbons (Fsp3) is 0.259. The highest BCUT2D eigenvalue weighted by atomic mass is 79.9. The van der Waals surface area contributed by atoms with Crippen molar-refractivity contribution in [1.29, 1.82) is 0 Å². The number of fused-ring (bicyclic) bond motifs is 3. The lowest BCUT2D eigenvalue weighted by atomic mass is 10.0. The molecule has 160 valence electrons. The van der Waals surface area contributed by atoms with Crippen LogP contribution in [0.1, 0.15) is 30.2 Å². The summed E-state index contributed by atoms with van der Waals surface area (Å²) in [6.45, 7) is 11.0. The fourth-order valence-corrected chi connectivity index (χ4v) is 4.69. The molecule has 0 atom stereocenters. The lowest BCUT2D eigenvalue weighted by molar-refractivity contribution is 0.638. The zero-order valence-electron chi connectivity index (χ0n) is 18.4. The Bertz CT molecular complexity index is 1160. The molecule has 2 aromatic carbocycles. The van der Waals surface area contributed by atoms with Gasteiger partial charge in [0.25, 0.3) is 0 Å². The van der Waals surface area contributed by atoms with Gasteiger partial charge in [-0.05, 0) is 68.3 Å². The van der Waals surface area contributed by atoms with E-state index in [1.165, 1.54) is 39.0 Å². The Morgan fingerprint density at radius 1 is 1.16 bits per heavy atom. The Morgan fingerprint density at radius 2 is 1.94 bits per heavy atom. The number of benzene rings is 2. The van der Waals surface area contributed by atoms with Crippen molar-refractivity contribution in [2.24, 2.45) is 5.73 Å². The van der Waals surface area contributed by atoms with Gasteiger partial charge in [0, 0.05) is 64.1 Å². The van der Waals surface area contributed by atoms with Crippen molar-refractivity contribution in [3.05, 3.63) is 99.8 Å². The molecule has 2 heterocycles. The Kier molecular flexibility index (Phi) is 6.38. The highest BCUT2D eigenvalue weighted by Crippen LogP contribution is 2.34. The maximum absolute atomic E-state index is 5.80. The Balaban J connectivity index is 1.69. The van der Waals surface area contributed by atoms with Crippen LogP contribution in [0.3, 0.4) is 0 Å². The van der Waals surface area contributed by atoms with E-state index in [1.807, 2.05) is 19.1 Å². The molecule has 0 radical (unpaired) electrons. The van der Waals surface area contributed by atoms with Crippen LogP contribution in [-0.2, 0) is 19.5 Å². The molecule has 0 saturated heterocycles. The van der Waals surface area contributed by atoms with E-state index in [0.29, 0.717) is 0 Å². The van der Waals surface area contributed by atoms with Crippen molar-refractivity contribution in [1.82, 2.24) is 4.57 Å². The SMILES string of the molecule is C=C/C(=C\C=C(\C)N)CCn1c2c(c3cc(C)ccc31)CN(c1ccc(Br)cc1)CC2. The quantitative estimate of drug-likeness (QED) is 0.405. The van der Waals surface area contributed by atoms with E-state index in [1.54, 1.807) is 0 Å². The zero-order valence-corrected chi connectivity index (χ0v) is 20.0. The lowest BCUT2D eigenvalue weighted by Crippen LogP contribution is -2.31. The first-order chi connectivity index (χ1) is 15.0. The molecule has 0 amide bonds. The molecule has 2 N–H and O–H groups in total. The molecule has 0 saturated carbocycles. The fourth-order valence-electron chi connectivity index (χ4n) is 4.42. The second-order valence-electron chi connectivity index (χ2n) is 8.35. The third-order valence-corrected chi connectivity index (χ3v) is 6.58. The Hall–Kier alpha value is -2.72. The third kappa shape index (κ3) is 4.64. The van der Waals surface area contributed by atoms with Crippen LogP contribution >= 0.6 is 15.9 Å². The molecule has 0 bridgehead atoms. The summed E-state index contributed by atoms with van der Waals surface area (Å²) in [5, 5.41) is 1.39. The molecule has 3 nitrogen and oxygen atoms in total. The molecule has 0 unspecified atom stereocenters. The maximum Gasteiger partial charge on any atom is 0.0486 e. The molecule has 3 aromatic rings. The Morgan fingerprint density at radius 3 is 2.65 bits per heavy atom. The molecule has 0 aliphatic carbocycles. The summed E-state index contributed by atoms with van der Waals surface area (Å²) in [7, 11) is 0. The molecular formula is C27H30BrN3. The molecule has 4 rings (SSSR count). The number of nitrogens with zero attached hydrogens (tertiary/aromatic N) is 2. The maximum atomic E-state index is 5.80. The number of rotatable bonds is 6. The van der Waals surface area contributed by atoms with Crippen molar-refractivity contribution in [3.63, 3.8) is 0 Å². The van der Waals surface area contributed by atoms with E-state index < -0.39 is 0 Å². The number of anilines is 1. The minimum atomic E-state index is 0.812. The van der Waals surface area contributed by atoms with Gasteiger partial charge in [0.05, 0.1) is 0 Å². The number of allylic oxidation sites excluding steroid dienone is 5. The van der Waals surface area contributed by atoms with E-state index >= 15 is 0 Å². The second-order valence-corrected chi connectivity index (χ2v) is 9.27. The summed E-state index contributed by atoms with van der Waals surface area (Å²) in [5.74, 6) is 0. The Labute approximate surface area is 193 Å². The number of hydrogen-bond acceptors (Lipinski definition) is 2. The predicted molar refractivity (Wildman–Crippen MR) is 136 cm³/mol. The van der Waals surface area contributed by atoms with Crippen LogP contribution in [0.5, 0.6) is 0 Å². The summed E-state index contributed by atoms with van der Waals surface area (Å²) in [6, 6.07) is 15.5. The minimum absolute atomic E-state index is 0.812. The monoisotopic (exact) mass is 475 g/mol. The van der Waals surface area contributed by atoms with E-state index in [9.17, 15) is 0 Å². The smallest absolute Gasteiger partial charge is 0.0486 e. The first-order valence-corrected chi connectivity index (χ1v) is 11.6. The lowest BCUT2D eigenvalue weighted by Gasteiger charge is -2.30. The van der Waals surface area contributed by atoms with Gasteiger partial charge in [-0.2, -0.15) is 0 Å². The van der Waals surface area contributed by atoms with Crippen LogP contribution in [0.4, 0.5) is 5.69 Å². The van der Waals surface area contributed by atoms with Gasteiger partial charge in [-0.1, -0.05) is 46.3 Å². The van der Waals surface area contributed by atoms with Crippen molar-refractivity contribution >= 4 is 32.5 Å². The van der Waals surface area contributed by atoms with Gasteiger partial charge in [0.15, 0.2) is 0 Å². The first-order valence-electron chi connectivity index (χ1n) is 10.8. The number of halogens is 1. The average molecular weight is 476 g/mol. The summed E-state index contributed by atoms with van der Waals surface area (Å²) >= 11 is 3.55. The third-order valence-electron chi connectivity index (χ3n) is 6.05. The largest absolute Gasteiger partial charge is 0.402 e. The highest BCUT2D eigenvalue weighted by molar-refractivity contribution is 9.10. The molecule has 4 heteroatoms.